The van der Waals surface area contributed by atoms with E-state index >= 15 is 0 Å². The average Bonchev–Trinajstić information content (AvgIpc) is 2.40. The Bertz CT molecular complexity index is 612. The summed E-state index contributed by atoms with van der Waals surface area (Å²) in [6.07, 6.45) is 0. The molecule has 2 aromatic rings. The Morgan fingerprint density at radius 3 is 2.38 bits per heavy atom. The number of hydrogen-bond donors (Lipinski definition) is 2. The summed E-state index contributed by atoms with van der Waals surface area (Å²) in [5.41, 5.74) is 8.60. The van der Waals surface area contributed by atoms with Crippen LogP contribution in [0.5, 0.6) is 0 Å². The van der Waals surface area contributed by atoms with Crippen LogP contribution in [0.15, 0.2) is 42.5 Å². The first-order chi connectivity index (χ1) is 9.38. The maximum absolute atomic E-state index is 6.08. The van der Waals surface area contributed by atoms with E-state index in [1.807, 2.05) is 42.5 Å². The standard InChI is InChI=1S/C16H18Cl2N2.ClH/c1-16(2,12-6-7-14(17)15(18)9-12)20-10-11-4-3-5-13(19)8-11;/h3-9,20H,10,19H2,1-2H3;1H. The molecular weight excluding hydrogens is 327 g/mol. The van der Waals surface area contributed by atoms with Gasteiger partial charge in [-0.1, -0.05) is 41.4 Å². The van der Waals surface area contributed by atoms with E-state index in [1.54, 1.807) is 0 Å². The Kier molecular flexibility index (Phi) is 6.36. The molecule has 0 aliphatic carbocycles. The molecule has 0 bridgehead atoms. The third kappa shape index (κ3) is 4.79. The highest BCUT2D eigenvalue weighted by Gasteiger charge is 2.20. The van der Waals surface area contributed by atoms with Gasteiger partial charge in [0.1, 0.15) is 0 Å². The summed E-state index contributed by atoms with van der Waals surface area (Å²) in [7, 11) is 0. The molecule has 0 spiro atoms. The van der Waals surface area contributed by atoms with Gasteiger partial charge in [-0.3, -0.25) is 0 Å². The highest BCUT2D eigenvalue weighted by molar-refractivity contribution is 6.42. The molecule has 0 fully saturated rings. The van der Waals surface area contributed by atoms with Crippen LogP contribution >= 0.6 is 35.6 Å². The highest BCUT2D eigenvalue weighted by Crippen LogP contribution is 2.28. The zero-order valence-electron chi connectivity index (χ0n) is 12.0. The van der Waals surface area contributed by atoms with Crippen molar-refractivity contribution in [2.75, 3.05) is 5.73 Å². The maximum Gasteiger partial charge on any atom is 0.0595 e. The molecule has 2 aromatic carbocycles. The molecule has 0 aliphatic heterocycles. The second-order valence-corrected chi connectivity index (χ2v) is 6.17. The van der Waals surface area contributed by atoms with Gasteiger partial charge in [-0.25, -0.2) is 0 Å². The van der Waals surface area contributed by atoms with Crippen molar-refractivity contribution < 1.29 is 0 Å². The van der Waals surface area contributed by atoms with Gasteiger partial charge in [-0.15, -0.1) is 12.4 Å². The number of nitrogens with one attached hydrogen (secondary N) is 1. The van der Waals surface area contributed by atoms with E-state index in [2.05, 4.69) is 19.2 Å². The first-order valence-corrected chi connectivity index (χ1v) is 7.19. The zero-order chi connectivity index (χ0) is 14.8. The molecule has 0 aliphatic rings. The number of nitrogens with two attached hydrogens (primary N) is 1. The zero-order valence-corrected chi connectivity index (χ0v) is 14.3. The Balaban J connectivity index is 0.00000220. The average molecular weight is 346 g/mol. The normalized spacial score (nSPS) is 11.0. The molecule has 2 nitrogen and oxygen atoms in total. The molecule has 114 valence electrons. The van der Waals surface area contributed by atoms with Crippen LogP contribution in [0.2, 0.25) is 10.0 Å². The van der Waals surface area contributed by atoms with Crippen molar-refractivity contribution in [3.8, 4) is 0 Å². The molecule has 0 atom stereocenters. The minimum atomic E-state index is -0.209. The van der Waals surface area contributed by atoms with E-state index in [0.717, 1.165) is 23.4 Å². The SMILES string of the molecule is CC(C)(NCc1cccc(N)c1)c1ccc(Cl)c(Cl)c1.Cl. The van der Waals surface area contributed by atoms with Gasteiger partial charge in [0.05, 0.1) is 10.0 Å². The molecule has 0 unspecified atom stereocenters. The van der Waals surface area contributed by atoms with Crippen LogP contribution in [-0.2, 0) is 12.1 Å². The summed E-state index contributed by atoms with van der Waals surface area (Å²) >= 11 is 12.0. The van der Waals surface area contributed by atoms with Gasteiger partial charge >= 0.3 is 0 Å². The molecule has 0 saturated carbocycles. The fourth-order valence-electron chi connectivity index (χ4n) is 2.01. The summed E-state index contributed by atoms with van der Waals surface area (Å²) < 4.78 is 0. The molecular formula is C16H19Cl3N2. The lowest BCUT2D eigenvalue weighted by molar-refractivity contribution is 0.401. The van der Waals surface area contributed by atoms with Gasteiger partial charge in [0.2, 0.25) is 0 Å². The van der Waals surface area contributed by atoms with E-state index in [9.17, 15) is 0 Å². The summed E-state index contributed by atoms with van der Waals surface area (Å²) in [4.78, 5) is 0. The van der Waals surface area contributed by atoms with Crippen LogP contribution in [0.3, 0.4) is 0 Å². The van der Waals surface area contributed by atoms with Gasteiger partial charge in [-0.05, 0) is 49.2 Å². The van der Waals surface area contributed by atoms with Gasteiger partial charge in [0.15, 0.2) is 0 Å². The fraction of sp³-hybridized carbons (Fsp3) is 0.250. The molecule has 0 aromatic heterocycles. The summed E-state index contributed by atoms with van der Waals surface area (Å²) in [5.74, 6) is 0. The van der Waals surface area contributed by atoms with E-state index in [1.165, 1.54) is 0 Å². The van der Waals surface area contributed by atoms with Crippen LogP contribution < -0.4 is 11.1 Å². The van der Waals surface area contributed by atoms with E-state index < -0.39 is 0 Å². The second kappa shape index (κ2) is 7.37. The van der Waals surface area contributed by atoms with E-state index in [0.29, 0.717) is 10.0 Å². The third-order valence-electron chi connectivity index (χ3n) is 3.33. The molecule has 0 amide bonds. The maximum atomic E-state index is 6.08. The summed E-state index contributed by atoms with van der Waals surface area (Å²) in [6, 6.07) is 13.6. The third-order valence-corrected chi connectivity index (χ3v) is 4.07. The van der Waals surface area contributed by atoms with Crippen molar-refractivity contribution in [2.24, 2.45) is 0 Å². The Labute approximate surface area is 142 Å². The van der Waals surface area contributed by atoms with Gasteiger partial charge in [-0.2, -0.15) is 0 Å². The van der Waals surface area contributed by atoms with Crippen LogP contribution in [0.4, 0.5) is 5.69 Å². The van der Waals surface area contributed by atoms with Crippen LogP contribution in [0, 0.1) is 0 Å². The first-order valence-electron chi connectivity index (χ1n) is 6.43. The second-order valence-electron chi connectivity index (χ2n) is 5.35. The Hall–Kier alpha value is -0.930. The van der Waals surface area contributed by atoms with Crippen molar-refractivity contribution in [1.29, 1.82) is 0 Å². The molecule has 2 rings (SSSR count). The Morgan fingerprint density at radius 2 is 1.76 bits per heavy atom. The lowest BCUT2D eigenvalue weighted by Gasteiger charge is -2.27. The van der Waals surface area contributed by atoms with Crippen molar-refractivity contribution in [2.45, 2.75) is 25.9 Å². The highest BCUT2D eigenvalue weighted by atomic mass is 35.5. The number of halogens is 3. The van der Waals surface area contributed by atoms with Gasteiger partial charge in [0, 0.05) is 17.8 Å². The lowest BCUT2D eigenvalue weighted by Crippen LogP contribution is -2.35. The molecule has 5 heteroatoms. The number of anilines is 1. The number of nitrogen functional groups attached to an aromatic ring is 1. The molecule has 0 radical (unpaired) electrons. The van der Waals surface area contributed by atoms with Gasteiger partial charge < -0.3 is 11.1 Å². The Morgan fingerprint density at radius 1 is 1.05 bits per heavy atom. The fourth-order valence-corrected chi connectivity index (χ4v) is 2.31. The molecule has 0 heterocycles. The van der Waals surface area contributed by atoms with Crippen molar-refractivity contribution in [1.82, 2.24) is 5.32 Å². The smallest absolute Gasteiger partial charge is 0.0595 e. The largest absolute Gasteiger partial charge is 0.399 e. The number of rotatable bonds is 4. The first kappa shape index (κ1) is 18.1. The van der Waals surface area contributed by atoms with Gasteiger partial charge in [0.25, 0.3) is 0 Å². The number of hydrogen-bond acceptors (Lipinski definition) is 2. The minimum absolute atomic E-state index is 0. The van der Waals surface area contributed by atoms with E-state index in [4.69, 9.17) is 28.9 Å². The number of benzene rings is 2. The summed E-state index contributed by atoms with van der Waals surface area (Å²) in [6.45, 7) is 4.95. The topological polar surface area (TPSA) is 38.0 Å². The molecule has 21 heavy (non-hydrogen) atoms. The summed E-state index contributed by atoms with van der Waals surface area (Å²) in [5, 5.41) is 4.65. The predicted molar refractivity (Wildman–Crippen MR) is 94.4 cm³/mol. The monoisotopic (exact) mass is 344 g/mol. The van der Waals surface area contributed by atoms with Crippen molar-refractivity contribution in [3.63, 3.8) is 0 Å². The van der Waals surface area contributed by atoms with Crippen LogP contribution in [0.25, 0.3) is 0 Å². The van der Waals surface area contributed by atoms with E-state index in [-0.39, 0.29) is 17.9 Å². The molecule has 0 saturated heterocycles. The predicted octanol–water partition coefficient (Wildman–Crippen LogP) is 5.02. The van der Waals surface area contributed by atoms with Crippen LogP contribution in [0.1, 0.15) is 25.0 Å². The van der Waals surface area contributed by atoms with Crippen molar-refractivity contribution in [3.05, 3.63) is 63.6 Å². The molecule has 3 N–H and O–H groups in total. The minimum Gasteiger partial charge on any atom is -0.399 e. The van der Waals surface area contributed by atoms with Crippen molar-refractivity contribution >= 4 is 41.3 Å². The van der Waals surface area contributed by atoms with Crippen LogP contribution in [-0.4, -0.2) is 0 Å². The lowest BCUT2D eigenvalue weighted by atomic mass is 9.94. The quantitative estimate of drug-likeness (QED) is 0.763.